The van der Waals surface area contributed by atoms with Gasteiger partial charge in [-0.2, -0.15) is 0 Å². The van der Waals surface area contributed by atoms with Gasteiger partial charge in [-0.1, -0.05) is 11.6 Å². The smallest absolute Gasteiger partial charge is 0.223 e. The maximum atomic E-state index is 13.6. The number of rotatable bonds is 2. The monoisotopic (exact) mass is 272 g/mol. The summed E-state index contributed by atoms with van der Waals surface area (Å²) in [7, 11) is 1.48. The molecule has 0 radical (unpaired) electrons. The van der Waals surface area contributed by atoms with Crippen LogP contribution in [0.1, 0.15) is 0 Å². The molecule has 6 heteroatoms. The number of hydrogen-bond acceptors (Lipinski definition) is 3. The van der Waals surface area contributed by atoms with Crippen molar-refractivity contribution < 1.29 is 9.13 Å². The summed E-state index contributed by atoms with van der Waals surface area (Å²) < 4.78 is 18.7. The average molecular weight is 273 g/mol. The van der Waals surface area contributed by atoms with Gasteiger partial charge in [-0.25, -0.2) is 14.4 Å². The third-order valence-corrected chi connectivity index (χ3v) is 2.55. The number of nitrogens with zero attached hydrogens (tertiary/aromatic N) is 2. The van der Waals surface area contributed by atoms with Crippen molar-refractivity contribution in [3.63, 3.8) is 0 Å². The van der Waals surface area contributed by atoms with Crippen molar-refractivity contribution in [1.82, 2.24) is 9.97 Å². The summed E-state index contributed by atoms with van der Waals surface area (Å²) in [5, 5.41) is 0.415. The van der Waals surface area contributed by atoms with Crippen LogP contribution in [0.2, 0.25) is 10.3 Å². The Morgan fingerprint density at radius 2 is 2.06 bits per heavy atom. The molecule has 17 heavy (non-hydrogen) atoms. The summed E-state index contributed by atoms with van der Waals surface area (Å²) >= 11 is 11.5. The van der Waals surface area contributed by atoms with Crippen LogP contribution in [0.3, 0.4) is 0 Å². The molecule has 0 aliphatic carbocycles. The molecule has 0 atom stereocenters. The molecular formula is C11H7Cl2FN2O. The van der Waals surface area contributed by atoms with Gasteiger partial charge in [-0.15, -0.1) is 0 Å². The first-order valence-corrected chi connectivity index (χ1v) is 5.39. The largest absolute Gasteiger partial charge is 0.496 e. The third-order valence-electron chi connectivity index (χ3n) is 2.13. The maximum Gasteiger partial charge on any atom is 0.223 e. The number of ether oxygens (including phenoxy) is 1. The quantitative estimate of drug-likeness (QED) is 0.784. The summed E-state index contributed by atoms with van der Waals surface area (Å²) in [4.78, 5) is 7.38. The zero-order valence-electron chi connectivity index (χ0n) is 8.75. The highest BCUT2D eigenvalue weighted by Gasteiger charge is 2.14. The number of hydrogen-bond donors (Lipinski definition) is 0. The third kappa shape index (κ3) is 2.48. The normalized spacial score (nSPS) is 10.4. The predicted octanol–water partition coefficient (Wildman–Crippen LogP) is 3.60. The number of aromatic nitrogens is 2. The van der Waals surface area contributed by atoms with Gasteiger partial charge in [-0.05, 0) is 29.8 Å². The molecule has 0 unspecified atom stereocenters. The average Bonchev–Trinajstić information content (AvgIpc) is 2.32. The SMILES string of the molecule is COc1ccc(Cl)cc1-c1nc(Cl)ncc1F. The highest BCUT2D eigenvalue weighted by atomic mass is 35.5. The first kappa shape index (κ1) is 12.1. The zero-order chi connectivity index (χ0) is 12.4. The van der Waals surface area contributed by atoms with Crippen LogP contribution in [-0.4, -0.2) is 17.1 Å². The predicted molar refractivity (Wildman–Crippen MR) is 64.0 cm³/mol. The van der Waals surface area contributed by atoms with Crippen molar-refractivity contribution in [2.24, 2.45) is 0 Å². The fraction of sp³-hybridized carbons (Fsp3) is 0.0909. The summed E-state index contributed by atoms with van der Waals surface area (Å²) in [5.74, 6) is -0.127. The molecule has 88 valence electrons. The Balaban J connectivity index is 2.66. The molecule has 0 aliphatic heterocycles. The number of methoxy groups -OCH3 is 1. The molecule has 0 N–H and O–H groups in total. The van der Waals surface area contributed by atoms with Gasteiger partial charge < -0.3 is 4.74 Å². The first-order valence-electron chi connectivity index (χ1n) is 4.64. The highest BCUT2D eigenvalue weighted by molar-refractivity contribution is 6.31. The van der Waals surface area contributed by atoms with Crippen molar-refractivity contribution in [2.45, 2.75) is 0 Å². The lowest BCUT2D eigenvalue weighted by Crippen LogP contribution is -1.95. The van der Waals surface area contributed by atoms with Crippen LogP contribution in [0.25, 0.3) is 11.3 Å². The zero-order valence-corrected chi connectivity index (χ0v) is 10.3. The molecule has 2 aromatic rings. The summed E-state index contributed by atoms with van der Waals surface area (Å²) in [6.45, 7) is 0. The van der Waals surface area contributed by atoms with E-state index < -0.39 is 5.82 Å². The van der Waals surface area contributed by atoms with Crippen LogP contribution >= 0.6 is 23.2 Å². The Bertz CT molecular complexity index is 563. The van der Waals surface area contributed by atoms with Crippen molar-refractivity contribution in [1.29, 1.82) is 0 Å². The minimum Gasteiger partial charge on any atom is -0.496 e. The highest BCUT2D eigenvalue weighted by Crippen LogP contribution is 2.32. The van der Waals surface area contributed by atoms with Crippen LogP contribution in [-0.2, 0) is 0 Å². The second-order valence-corrected chi connectivity index (χ2v) is 3.95. The number of benzene rings is 1. The minimum absolute atomic E-state index is 0.0385. The van der Waals surface area contributed by atoms with Crippen LogP contribution < -0.4 is 4.74 Å². The molecule has 0 aliphatic rings. The van der Waals surface area contributed by atoms with Crippen molar-refractivity contribution in [3.05, 3.63) is 40.5 Å². The molecule has 0 saturated carbocycles. The Kier molecular flexibility index (Phi) is 3.45. The van der Waals surface area contributed by atoms with E-state index in [0.717, 1.165) is 6.20 Å². The second-order valence-electron chi connectivity index (χ2n) is 3.18. The topological polar surface area (TPSA) is 35.0 Å². The van der Waals surface area contributed by atoms with E-state index in [4.69, 9.17) is 27.9 Å². The van der Waals surface area contributed by atoms with Gasteiger partial charge in [0.2, 0.25) is 5.28 Å². The van der Waals surface area contributed by atoms with E-state index >= 15 is 0 Å². The summed E-state index contributed by atoms with van der Waals surface area (Å²) in [6, 6.07) is 4.83. The molecule has 2 rings (SSSR count). The lowest BCUT2D eigenvalue weighted by molar-refractivity contribution is 0.416. The minimum atomic E-state index is -0.588. The Morgan fingerprint density at radius 1 is 1.29 bits per heavy atom. The molecule has 0 bridgehead atoms. The van der Waals surface area contributed by atoms with Gasteiger partial charge in [0.1, 0.15) is 11.4 Å². The Morgan fingerprint density at radius 3 is 2.76 bits per heavy atom. The number of halogens is 3. The molecule has 0 spiro atoms. The Labute approximate surface area is 107 Å². The molecule has 1 aromatic heterocycles. The van der Waals surface area contributed by atoms with Crippen molar-refractivity contribution >= 4 is 23.2 Å². The van der Waals surface area contributed by atoms with Crippen LogP contribution in [0.5, 0.6) is 5.75 Å². The molecule has 0 saturated heterocycles. The van der Waals surface area contributed by atoms with Gasteiger partial charge in [0, 0.05) is 10.6 Å². The molecule has 3 nitrogen and oxygen atoms in total. The summed E-state index contributed by atoms with van der Waals surface area (Å²) in [5.41, 5.74) is 0.492. The second kappa shape index (κ2) is 4.85. The lowest BCUT2D eigenvalue weighted by atomic mass is 10.1. The van der Waals surface area contributed by atoms with Gasteiger partial charge >= 0.3 is 0 Å². The van der Waals surface area contributed by atoms with Gasteiger partial charge in [0.05, 0.1) is 13.3 Å². The standard InChI is InChI=1S/C11H7Cl2FN2O/c1-17-9-3-2-6(12)4-7(9)10-8(14)5-15-11(13)16-10/h2-5H,1H3. The summed E-state index contributed by atoms with van der Waals surface area (Å²) in [6.07, 6.45) is 1.00. The van der Waals surface area contributed by atoms with E-state index in [1.807, 2.05) is 0 Å². The maximum absolute atomic E-state index is 13.6. The van der Waals surface area contributed by atoms with Crippen LogP contribution in [0, 0.1) is 5.82 Å². The fourth-order valence-electron chi connectivity index (χ4n) is 1.40. The van der Waals surface area contributed by atoms with E-state index in [-0.39, 0.29) is 11.0 Å². The van der Waals surface area contributed by atoms with Gasteiger partial charge in [0.15, 0.2) is 5.82 Å². The van der Waals surface area contributed by atoms with Crippen molar-refractivity contribution in [2.75, 3.05) is 7.11 Å². The van der Waals surface area contributed by atoms with E-state index in [1.54, 1.807) is 18.2 Å². The fourth-order valence-corrected chi connectivity index (χ4v) is 1.71. The van der Waals surface area contributed by atoms with E-state index in [1.165, 1.54) is 7.11 Å². The van der Waals surface area contributed by atoms with Gasteiger partial charge in [0.25, 0.3) is 0 Å². The van der Waals surface area contributed by atoms with Gasteiger partial charge in [-0.3, -0.25) is 0 Å². The molecule has 1 aromatic carbocycles. The molecule has 1 heterocycles. The van der Waals surface area contributed by atoms with Crippen LogP contribution in [0.15, 0.2) is 24.4 Å². The molecule has 0 amide bonds. The van der Waals surface area contributed by atoms with E-state index in [0.29, 0.717) is 16.3 Å². The molecular weight excluding hydrogens is 266 g/mol. The van der Waals surface area contributed by atoms with Crippen molar-refractivity contribution in [3.8, 4) is 17.0 Å². The Hall–Kier alpha value is -1.39. The molecule has 0 fully saturated rings. The lowest BCUT2D eigenvalue weighted by Gasteiger charge is -2.08. The first-order chi connectivity index (χ1) is 8.11. The van der Waals surface area contributed by atoms with Crippen LogP contribution in [0.4, 0.5) is 4.39 Å². The van der Waals surface area contributed by atoms with E-state index in [9.17, 15) is 4.39 Å². The van der Waals surface area contributed by atoms with E-state index in [2.05, 4.69) is 9.97 Å².